The van der Waals surface area contributed by atoms with Crippen molar-refractivity contribution in [1.29, 1.82) is 0 Å². The van der Waals surface area contributed by atoms with Crippen molar-refractivity contribution in [3.63, 3.8) is 0 Å². The molecule has 3 aromatic rings. The summed E-state index contributed by atoms with van der Waals surface area (Å²) in [6.07, 6.45) is 0. The highest BCUT2D eigenvalue weighted by molar-refractivity contribution is 7.99. The number of ether oxygens (including phenoxy) is 1. The van der Waals surface area contributed by atoms with E-state index >= 15 is 0 Å². The van der Waals surface area contributed by atoms with Crippen LogP contribution in [0.5, 0.6) is 0 Å². The van der Waals surface area contributed by atoms with E-state index in [1.54, 1.807) is 54.9 Å². The highest BCUT2D eigenvalue weighted by atomic mass is 32.2. The molecular formula is C24H27N5O4S. The summed E-state index contributed by atoms with van der Waals surface area (Å²) in [5.74, 6) is -0.121. The quantitative estimate of drug-likeness (QED) is 0.355. The Bertz CT molecular complexity index is 1160. The molecule has 0 saturated heterocycles. The summed E-state index contributed by atoms with van der Waals surface area (Å²) in [7, 11) is 1.79. The summed E-state index contributed by atoms with van der Waals surface area (Å²) < 4.78 is 6.70. The first kappa shape index (κ1) is 25.0. The van der Waals surface area contributed by atoms with Crippen molar-refractivity contribution in [2.24, 2.45) is 7.05 Å². The number of amides is 2. The van der Waals surface area contributed by atoms with Crippen molar-refractivity contribution in [3.05, 3.63) is 71.0 Å². The van der Waals surface area contributed by atoms with Gasteiger partial charge in [-0.3, -0.25) is 9.59 Å². The summed E-state index contributed by atoms with van der Waals surface area (Å²) in [5, 5.41) is 14.6. The van der Waals surface area contributed by atoms with Crippen LogP contribution in [-0.2, 0) is 16.6 Å². The smallest absolute Gasteiger partial charge is 0.338 e. The van der Waals surface area contributed by atoms with Crippen LogP contribution < -0.4 is 10.6 Å². The molecule has 0 unspecified atom stereocenters. The Morgan fingerprint density at radius 3 is 2.32 bits per heavy atom. The first-order chi connectivity index (χ1) is 16.3. The number of rotatable bonds is 9. The molecule has 0 spiro atoms. The number of aryl methyl sites for hydroxylation is 1. The van der Waals surface area contributed by atoms with Gasteiger partial charge in [-0.15, -0.1) is 10.2 Å². The third-order valence-corrected chi connectivity index (χ3v) is 5.95. The average Bonchev–Trinajstić information content (AvgIpc) is 3.19. The van der Waals surface area contributed by atoms with E-state index in [1.807, 2.05) is 26.0 Å². The molecule has 0 fully saturated rings. The zero-order valence-corrected chi connectivity index (χ0v) is 20.3. The fraction of sp³-hybridized carbons (Fsp3) is 0.292. The van der Waals surface area contributed by atoms with Crippen LogP contribution in [-0.4, -0.2) is 44.9 Å². The maximum atomic E-state index is 12.5. The minimum Gasteiger partial charge on any atom is -0.462 e. The molecular weight excluding hydrogens is 454 g/mol. The minimum atomic E-state index is -0.404. The number of anilines is 1. The zero-order valence-electron chi connectivity index (χ0n) is 19.5. The molecule has 34 heavy (non-hydrogen) atoms. The number of esters is 1. The van der Waals surface area contributed by atoms with Gasteiger partial charge >= 0.3 is 5.97 Å². The summed E-state index contributed by atoms with van der Waals surface area (Å²) in [6, 6.07) is 13.4. The van der Waals surface area contributed by atoms with Crippen LogP contribution in [0.2, 0.25) is 0 Å². The first-order valence-corrected chi connectivity index (χ1v) is 11.7. The molecule has 178 valence electrons. The maximum absolute atomic E-state index is 12.5. The molecule has 0 bridgehead atoms. The van der Waals surface area contributed by atoms with Crippen LogP contribution >= 0.6 is 11.8 Å². The third kappa shape index (κ3) is 6.44. The van der Waals surface area contributed by atoms with Crippen molar-refractivity contribution >= 4 is 35.2 Å². The number of hydrogen-bond donors (Lipinski definition) is 2. The second-order valence-electron chi connectivity index (χ2n) is 7.60. The maximum Gasteiger partial charge on any atom is 0.338 e. The molecule has 0 saturated carbocycles. The predicted octanol–water partition coefficient (Wildman–Crippen LogP) is 3.52. The van der Waals surface area contributed by atoms with Gasteiger partial charge in [0.05, 0.1) is 24.0 Å². The molecule has 0 aliphatic carbocycles. The Morgan fingerprint density at radius 2 is 1.68 bits per heavy atom. The molecule has 0 radical (unpaired) electrons. The standard InChI is InChI=1S/C24H27N5O4S/c1-5-33-23(32)18-10-12-19(13-11-18)26-20(30)14-34-24-28-27-21(29(24)4)16(3)25-22(31)17-8-6-15(2)7-9-17/h6-13,16H,5,14H2,1-4H3,(H,25,31)(H,26,30)/t16-/m0/s1. The average molecular weight is 482 g/mol. The Labute approximate surface area is 202 Å². The molecule has 2 aromatic carbocycles. The van der Waals surface area contributed by atoms with E-state index in [4.69, 9.17) is 4.74 Å². The van der Waals surface area contributed by atoms with E-state index in [-0.39, 0.29) is 23.6 Å². The van der Waals surface area contributed by atoms with Crippen LogP contribution in [0.4, 0.5) is 5.69 Å². The van der Waals surface area contributed by atoms with Gasteiger partial charge in [-0.1, -0.05) is 29.5 Å². The van der Waals surface area contributed by atoms with Crippen molar-refractivity contribution in [2.45, 2.75) is 32.0 Å². The van der Waals surface area contributed by atoms with Crippen LogP contribution in [0.3, 0.4) is 0 Å². The van der Waals surface area contributed by atoms with E-state index < -0.39 is 5.97 Å². The SMILES string of the molecule is CCOC(=O)c1ccc(NC(=O)CSc2nnc([C@H](C)NC(=O)c3ccc(C)cc3)n2C)cc1. The van der Waals surface area contributed by atoms with Crippen LogP contribution in [0, 0.1) is 6.92 Å². The lowest BCUT2D eigenvalue weighted by Crippen LogP contribution is -2.28. The molecule has 3 rings (SSSR count). The number of carbonyl (C=O) groups is 3. The summed E-state index contributed by atoms with van der Waals surface area (Å²) in [5.41, 5.74) is 2.65. The molecule has 0 aliphatic heterocycles. The lowest BCUT2D eigenvalue weighted by atomic mass is 10.1. The Hall–Kier alpha value is -3.66. The number of aromatic nitrogens is 3. The normalized spacial score (nSPS) is 11.5. The number of nitrogens with one attached hydrogen (secondary N) is 2. The van der Waals surface area contributed by atoms with Gasteiger partial charge in [-0.25, -0.2) is 4.79 Å². The van der Waals surface area contributed by atoms with Gasteiger partial charge in [-0.2, -0.15) is 0 Å². The van der Waals surface area contributed by atoms with Gasteiger partial charge in [0.2, 0.25) is 5.91 Å². The number of thioether (sulfide) groups is 1. The van der Waals surface area contributed by atoms with Crippen molar-refractivity contribution < 1.29 is 19.1 Å². The Morgan fingerprint density at radius 1 is 1.03 bits per heavy atom. The number of benzene rings is 2. The fourth-order valence-corrected chi connectivity index (χ4v) is 3.83. The van der Waals surface area contributed by atoms with Crippen molar-refractivity contribution in [3.8, 4) is 0 Å². The molecule has 10 heteroatoms. The molecule has 1 atom stereocenters. The second-order valence-corrected chi connectivity index (χ2v) is 8.54. The van der Waals surface area contributed by atoms with E-state index in [2.05, 4.69) is 20.8 Å². The lowest BCUT2D eigenvalue weighted by molar-refractivity contribution is -0.113. The van der Waals surface area contributed by atoms with Gasteiger partial charge in [-0.05, 0) is 57.2 Å². The van der Waals surface area contributed by atoms with E-state index in [9.17, 15) is 14.4 Å². The van der Waals surface area contributed by atoms with Gasteiger partial charge in [0.15, 0.2) is 11.0 Å². The first-order valence-electron chi connectivity index (χ1n) is 10.7. The highest BCUT2D eigenvalue weighted by Gasteiger charge is 2.19. The van der Waals surface area contributed by atoms with Gasteiger partial charge in [0.25, 0.3) is 5.91 Å². The number of hydrogen-bond acceptors (Lipinski definition) is 7. The molecule has 1 heterocycles. The zero-order chi connectivity index (χ0) is 24.7. The fourth-order valence-electron chi connectivity index (χ4n) is 3.11. The molecule has 2 N–H and O–H groups in total. The van der Waals surface area contributed by atoms with Crippen LogP contribution in [0.1, 0.15) is 52.0 Å². The Kier molecular flexibility index (Phi) is 8.42. The summed E-state index contributed by atoms with van der Waals surface area (Å²) in [6.45, 7) is 5.84. The summed E-state index contributed by atoms with van der Waals surface area (Å²) >= 11 is 1.23. The Balaban J connectivity index is 1.53. The monoisotopic (exact) mass is 481 g/mol. The lowest BCUT2D eigenvalue weighted by Gasteiger charge is -2.13. The largest absolute Gasteiger partial charge is 0.462 e. The van der Waals surface area contributed by atoms with Crippen molar-refractivity contribution in [1.82, 2.24) is 20.1 Å². The summed E-state index contributed by atoms with van der Waals surface area (Å²) in [4.78, 5) is 36.5. The van der Waals surface area contributed by atoms with Gasteiger partial charge < -0.3 is 19.9 Å². The molecule has 9 nitrogen and oxygen atoms in total. The highest BCUT2D eigenvalue weighted by Crippen LogP contribution is 2.20. The van der Waals surface area contributed by atoms with E-state index in [1.165, 1.54) is 11.8 Å². The van der Waals surface area contributed by atoms with Gasteiger partial charge in [0, 0.05) is 18.3 Å². The minimum absolute atomic E-state index is 0.121. The third-order valence-electron chi connectivity index (χ3n) is 4.93. The van der Waals surface area contributed by atoms with Crippen LogP contribution in [0.15, 0.2) is 53.7 Å². The number of carbonyl (C=O) groups excluding carboxylic acids is 3. The topological polar surface area (TPSA) is 115 Å². The molecule has 1 aromatic heterocycles. The second kappa shape index (κ2) is 11.5. The number of nitrogens with zero attached hydrogens (tertiary/aromatic N) is 3. The van der Waals surface area contributed by atoms with E-state index in [0.717, 1.165) is 5.56 Å². The molecule has 0 aliphatic rings. The predicted molar refractivity (Wildman–Crippen MR) is 130 cm³/mol. The van der Waals surface area contributed by atoms with Crippen molar-refractivity contribution in [2.75, 3.05) is 17.7 Å². The van der Waals surface area contributed by atoms with E-state index in [0.29, 0.717) is 34.4 Å². The van der Waals surface area contributed by atoms with Gasteiger partial charge in [0.1, 0.15) is 0 Å². The van der Waals surface area contributed by atoms with Crippen LogP contribution in [0.25, 0.3) is 0 Å². The molecule has 2 amide bonds.